The molecule has 0 aliphatic carbocycles. The Balaban J connectivity index is 1.56. The molecule has 19 heavy (non-hydrogen) atoms. The first-order valence-electron chi connectivity index (χ1n) is 6.96. The predicted molar refractivity (Wildman–Crippen MR) is 77.9 cm³/mol. The van der Waals surface area contributed by atoms with Crippen LogP contribution >= 0.6 is 11.3 Å². The van der Waals surface area contributed by atoms with E-state index >= 15 is 0 Å². The lowest BCUT2D eigenvalue weighted by Gasteiger charge is -2.46. The quantitative estimate of drug-likeness (QED) is 0.880. The Bertz CT molecular complexity index is 454. The van der Waals surface area contributed by atoms with Gasteiger partial charge in [-0.3, -0.25) is 9.69 Å². The second-order valence-corrected chi connectivity index (χ2v) is 6.76. The largest absolute Gasteiger partial charge is 0.335 e. The number of carbonyl (C=O) groups is 1. The zero-order chi connectivity index (χ0) is 13.4. The number of amides is 1. The molecule has 4 nitrogen and oxygen atoms in total. The van der Waals surface area contributed by atoms with Gasteiger partial charge in [0.2, 0.25) is 0 Å². The third-order valence-corrected chi connectivity index (χ3v) is 5.33. The number of piperazine rings is 1. The molecular weight excluding hydrogens is 258 g/mol. The Hall–Kier alpha value is -0.910. The summed E-state index contributed by atoms with van der Waals surface area (Å²) in [5.74, 6) is 0.215. The number of hydrogen-bond acceptors (Lipinski definition) is 4. The Morgan fingerprint density at radius 2 is 2.00 bits per heavy atom. The van der Waals surface area contributed by atoms with E-state index in [0.29, 0.717) is 6.04 Å². The Morgan fingerprint density at radius 1 is 1.32 bits per heavy atom. The monoisotopic (exact) mass is 279 g/mol. The van der Waals surface area contributed by atoms with Crippen molar-refractivity contribution in [1.29, 1.82) is 0 Å². The maximum Gasteiger partial charge on any atom is 0.264 e. The molecular formula is C14H21N3OS. The number of rotatable bonds is 2. The topological polar surface area (TPSA) is 35.6 Å². The molecule has 1 aromatic rings. The van der Waals surface area contributed by atoms with Gasteiger partial charge in [-0.1, -0.05) is 0 Å². The Labute approximate surface area is 118 Å². The third-order valence-electron chi connectivity index (χ3n) is 4.19. The van der Waals surface area contributed by atoms with E-state index in [1.807, 2.05) is 11.0 Å². The van der Waals surface area contributed by atoms with Crippen molar-refractivity contribution in [1.82, 2.24) is 15.1 Å². The second kappa shape index (κ2) is 5.23. The third kappa shape index (κ3) is 2.55. The maximum absolute atomic E-state index is 12.3. The molecule has 0 spiro atoms. The summed E-state index contributed by atoms with van der Waals surface area (Å²) < 4.78 is 0. The zero-order valence-electron chi connectivity index (χ0n) is 11.6. The van der Waals surface area contributed by atoms with Crippen LogP contribution in [0.1, 0.15) is 20.1 Å². The van der Waals surface area contributed by atoms with Gasteiger partial charge in [0.1, 0.15) is 0 Å². The van der Waals surface area contributed by atoms with Gasteiger partial charge in [0.15, 0.2) is 0 Å². The molecule has 3 rings (SSSR count). The highest BCUT2D eigenvalue weighted by Gasteiger charge is 2.35. The number of nitrogens with one attached hydrogen (secondary N) is 1. The van der Waals surface area contributed by atoms with Crippen molar-refractivity contribution in [2.45, 2.75) is 19.9 Å². The number of thiophene rings is 1. The summed E-state index contributed by atoms with van der Waals surface area (Å²) in [6.07, 6.45) is 0. The minimum Gasteiger partial charge on any atom is -0.335 e. The van der Waals surface area contributed by atoms with Gasteiger partial charge in [-0.05, 0) is 25.5 Å². The predicted octanol–water partition coefficient (Wildman–Crippen LogP) is 1.09. The standard InChI is InChI=1S/C14H21N3OS/c1-10-7-13(19-11(10)2)14(18)17-8-12(9-17)16-5-3-15-4-6-16/h7,12,15H,3-6,8-9H2,1-2H3. The first kappa shape index (κ1) is 13.1. The smallest absolute Gasteiger partial charge is 0.264 e. The Morgan fingerprint density at radius 3 is 2.58 bits per heavy atom. The van der Waals surface area contributed by atoms with Crippen LogP contribution < -0.4 is 5.32 Å². The van der Waals surface area contributed by atoms with Gasteiger partial charge >= 0.3 is 0 Å². The lowest BCUT2D eigenvalue weighted by Crippen LogP contribution is -2.63. The summed E-state index contributed by atoms with van der Waals surface area (Å²) in [5, 5.41) is 3.37. The van der Waals surface area contributed by atoms with Crippen LogP contribution in [0, 0.1) is 13.8 Å². The first-order chi connectivity index (χ1) is 9.15. The average molecular weight is 279 g/mol. The number of aryl methyl sites for hydroxylation is 2. The number of hydrogen-bond donors (Lipinski definition) is 1. The fourth-order valence-electron chi connectivity index (χ4n) is 2.73. The van der Waals surface area contributed by atoms with Crippen molar-refractivity contribution < 1.29 is 4.79 Å². The van der Waals surface area contributed by atoms with Crippen molar-refractivity contribution in [3.63, 3.8) is 0 Å². The van der Waals surface area contributed by atoms with E-state index in [0.717, 1.165) is 44.1 Å². The van der Waals surface area contributed by atoms with Gasteiger partial charge < -0.3 is 10.2 Å². The van der Waals surface area contributed by atoms with Gasteiger partial charge in [0.05, 0.1) is 4.88 Å². The van der Waals surface area contributed by atoms with Gasteiger partial charge in [-0.15, -0.1) is 11.3 Å². The van der Waals surface area contributed by atoms with Crippen LogP contribution in [0.3, 0.4) is 0 Å². The normalized spacial score (nSPS) is 21.5. The maximum atomic E-state index is 12.3. The van der Waals surface area contributed by atoms with Crippen LogP contribution in [-0.4, -0.2) is 61.0 Å². The van der Waals surface area contributed by atoms with E-state index < -0.39 is 0 Å². The highest BCUT2D eigenvalue weighted by Crippen LogP contribution is 2.25. The van der Waals surface area contributed by atoms with E-state index in [2.05, 4.69) is 24.1 Å². The minimum absolute atomic E-state index is 0.215. The molecule has 2 aliphatic rings. The van der Waals surface area contributed by atoms with Crippen molar-refractivity contribution in [3.8, 4) is 0 Å². The summed E-state index contributed by atoms with van der Waals surface area (Å²) >= 11 is 1.62. The Kier molecular flexibility index (Phi) is 3.60. The second-order valence-electron chi connectivity index (χ2n) is 5.50. The average Bonchev–Trinajstić information content (AvgIpc) is 2.69. The number of nitrogens with zero attached hydrogens (tertiary/aromatic N) is 2. The molecule has 5 heteroatoms. The molecule has 2 fully saturated rings. The van der Waals surface area contributed by atoms with Crippen LogP contribution in [0.25, 0.3) is 0 Å². The summed E-state index contributed by atoms with van der Waals surface area (Å²) in [4.78, 5) is 19.0. The molecule has 0 aromatic carbocycles. The number of likely N-dealkylation sites (tertiary alicyclic amines) is 1. The van der Waals surface area contributed by atoms with E-state index in [1.54, 1.807) is 11.3 Å². The molecule has 2 aliphatic heterocycles. The van der Waals surface area contributed by atoms with Crippen LogP contribution in [-0.2, 0) is 0 Å². The van der Waals surface area contributed by atoms with Gasteiger partial charge in [-0.25, -0.2) is 0 Å². The molecule has 1 amide bonds. The summed E-state index contributed by atoms with van der Waals surface area (Å²) in [6, 6.07) is 2.61. The van der Waals surface area contributed by atoms with Gasteiger partial charge in [-0.2, -0.15) is 0 Å². The minimum atomic E-state index is 0.215. The van der Waals surface area contributed by atoms with Crippen molar-refractivity contribution in [2.75, 3.05) is 39.3 Å². The SMILES string of the molecule is Cc1cc(C(=O)N2CC(N3CCNCC3)C2)sc1C. The summed E-state index contributed by atoms with van der Waals surface area (Å²) in [6.45, 7) is 10.3. The van der Waals surface area contributed by atoms with Gasteiger partial charge in [0, 0.05) is 50.2 Å². The molecule has 0 saturated carbocycles. The molecule has 0 atom stereocenters. The fourth-order valence-corrected chi connectivity index (χ4v) is 3.74. The zero-order valence-corrected chi connectivity index (χ0v) is 12.4. The molecule has 0 radical (unpaired) electrons. The highest BCUT2D eigenvalue weighted by atomic mass is 32.1. The molecule has 3 heterocycles. The van der Waals surface area contributed by atoms with Crippen LogP contribution in [0.2, 0.25) is 0 Å². The van der Waals surface area contributed by atoms with Gasteiger partial charge in [0.25, 0.3) is 5.91 Å². The molecule has 0 unspecified atom stereocenters. The van der Waals surface area contributed by atoms with Crippen molar-refractivity contribution in [2.24, 2.45) is 0 Å². The molecule has 2 saturated heterocycles. The van der Waals surface area contributed by atoms with E-state index in [4.69, 9.17) is 0 Å². The summed E-state index contributed by atoms with van der Waals surface area (Å²) in [7, 11) is 0. The fraction of sp³-hybridized carbons (Fsp3) is 0.643. The highest BCUT2D eigenvalue weighted by molar-refractivity contribution is 7.14. The molecule has 1 N–H and O–H groups in total. The summed E-state index contributed by atoms with van der Waals surface area (Å²) in [5.41, 5.74) is 1.23. The van der Waals surface area contributed by atoms with E-state index in [9.17, 15) is 4.79 Å². The number of carbonyl (C=O) groups excluding carboxylic acids is 1. The van der Waals surface area contributed by atoms with Crippen molar-refractivity contribution in [3.05, 3.63) is 21.4 Å². The van der Waals surface area contributed by atoms with E-state index in [-0.39, 0.29) is 5.91 Å². The van der Waals surface area contributed by atoms with Crippen molar-refractivity contribution >= 4 is 17.2 Å². The van der Waals surface area contributed by atoms with Crippen LogP contribution in [0.4, 0.5) is 0 Å². The first-order valence-corrected chi connectivity index (χ1v) is 7.78. The van der Waals surface area contributed by atoms with E-state index in [1.165, 1.54) is 10.4 Å². The molecule has 0 bridgehead atoms. The van der Waals surface area contributed by atoms with Crippen LogP contribution in [0.5, 0.6) is 0 Å². The lowest BCUT2D eigenvalue weighted by molar-refractivity contribution is 0.0231. The lowest BCUT2D eigenvalue weighted by atomic mass is 10.1. The van der Waals surface area contributed by atoms with Crippen LogP contribution in [0.15, 0.2) is 6.07 Å². The molecule has 1 aromatic heterocycles. The molecule has 104 valence electrons.